The van der Waals surface area contributed by atoms with Gasteiger partial charge in [-0.3, -0.25) is 24.1 Å². The van der Waals surface area contributed by atoms with E-state index in [0.717, 1.165) is 6.07 Å². The second-order valence-corrected chi connectivity index (χ2v) is 7.89. The van der Waals surface area contributed by atoms with Crippen LogP contribution >= 0.6 is 0 Å². The molecule has 166 valence electrons. The molecule has 4 rings (SSSR count). The van der Waals surface area contributed by atoms with Crippen molar-refractivity contribution in [3.05, 3.63) is 59.2 Å². The summed E-state index contributed by atoms with van der Waals surface area (Å²) in [6.07, 6.45) is 0.452. The van der Waals surface area contributed by atoms with Gasteiger partial charge in [-0.2, -0.15) is 0 Å². The molecular weight excluding hydrogens is 422 g/mol. The zero-order chi connectivity index (χ0) is 23.2. The summed E-state index contributed by atoms with van der Waals surface area (Å²) < 4.78 is 27.7. The van der Waals surface area contributed by atoms with Crippen molar-refractivity contribution in [3.8, 4) is 0 Å². The zero-order valence-electron chi connectivity index (χ0n) is 17.2. The molecular formula is C22H20F2N4O4. The normalized spacial score (nSPS) is 19.6. The fraction of sp³-hybridized carbons (Fsp3) is 0.273. The van der Waals surface area contributed by atoms with Crippen LogP contribution < -0.4 is 16.0 Å². The number of primary amides is 1. The maximum absolute atomic E-state index is 14.0. The number of fused-ring (bicyclic) bond motifs is 3. The van der Waals surface area contributed by atoms with E-state index in [1.165, 1.54) is 4.90 Å². The first kappa shape index (κ1) is 21.4. The van der Waals surface area contributed by atoms with Crippen molar-refractivity contribution in [3.63, 3.8) is 0 Å². The maximum Gasteiger partial charge on any atom is 0.257 e. The third-order valence-electron chi connectivity index (χ3n) is 5.90. The van der Waals surface area contributed by atoms with E-state index in [1.807, 2.05) is 0 Å². The molecule has 2 aliphatic heterocycles. The lowest BCUT2D eigenvalue weighted by Gasteiger charge is -2.48. The maximum atomic E-state index is 14.0. The summed E-state index contributed by atoms with van der Waals surface area (Å²) in [7, 11) is 0. The molecule has 1 fully saturated rings. The molecule has 1 unspecified atom stereocenters. The Balaban J connectivity index is 1.54. The number of carbonyl (C=O) groups is 4. The van der Waals surface area contributed by atoms with E-state index in [1.54, 1.807) is 36.1 Å². The van der Waals surface area contributed by atoms with Gasteiger partial charge in [0, 0.05) is 25.5 Å². The second-order valence-electron chi connectivity index (χ2n) is 7.89. The Labute approximate surface area is 182 Å². The smallest absolute Gasteiger partial charge is 0.257 e. The molecule has 2 aromatic carbocycles. The fourth-order valence-electron chi connectivity index (χ4n) is 4.30. The van der Waals surface area contributed by atoms with E-state index in [4.69, 9.17) is 5.73 Å². The first-order valence-electron chi connectivity index (χ1n) is 9.96. The summed E-state index contributed by atoms with van der Waals surface area (Å²) in [5, 5.41) is 2.28. The molecule has 8 nitrogen and oxygen atoms in total. The topological polar surface area (TPSA) is 113 Å². The molecule has 4 amide bonds. The van der Waals surface area contributed by atoms with Crippen LogP contribution in [-0.2, 0) is 9.59 Å². The van der Waals surface area contributed by atoms with E-state index < -0.39 is 40.4 Å². The molecule has 2 heterocycles. The summed E-state index contributed by atoms with van der Waals surface area (Å²) in [6.45, 7) is 1.73. The van der Waals surface area contributed by atoms with Crippen LogP contribution in [0.3, 0.4) is 0 Å². The number of para-hydroxylation sites is 1. The quantitative estimate of drug-likeness (QED) is 0.740. The van der Waals surface area contributed by atoms with Crippen molar-refractivity contribution < 1.29 is 28.0 Å². The lowest BCUT2D eigenvalue weighted by Crippen LogP contribution is -2.62. The third kappa shape index (κ3) is 3.37. The zero-order valence-corrected chi connectivity index (χ0v) is 17.2. The van der Waals surface area contributed by atoms with Gasteiger partial charge in [0.25, 0.3) is 11.8 Å². The Morgan fingerprint density at radius 3 is 2.59 bits per heavy atom. The van der Waals surface area contributed by atoms with E-state index >= 15 is 0 Å². The molecule has 32 heavy (non-hydrogen) atoms. The number of hydrogen-bond donors (Lipinski definition) is 2. The van der Waals surface area contributed by atoms with Crippen molar-refractivity contribution in [2.24, 2.45) is 5.73 Å². The summed E-state index contributed by atoms with van der Waals surface area (Å²) in [5.41, 5.74) is 4.07. The molecule has 1 saturated heterocycles. The number of hydrogen-bond acceptors (Lipinski definition) is 4. The molecule has 0 bridgehead atoms. The SMILES string of the molecule is CC12CCC(=O)N1c1ccccc1C(=O)N2CCC(=O)Nc1cc(C(N)=O)c(F)cc1F. The van der Waals surface area contributed by atoms with Crippen LogP contribution in [0.25, 0.3) is 0 Å². The minimum absolute atomic E-state index is 0.0369. The Morgan fingerprint density at radius 1 is 1.16 bits per heavy atom. The number of carbonyl (C=O) groups excluding carboxylic acids is 4. The number of benzene rings is 2. The lowest BCUT2D eigenvalue weighted by atomic mass is 9.98. The lowest BCUT2D eigenvalue weighted by molar-refractivity contribution is -0.117. The van der Waals surface area contributed by atoms with Crippen LogP contribution in [0.4, 0.5) is 20.2 Å². The predicted octanol–water partition coefficient (Wildman–Crippen LogP) is 2.39. The van der Waals surface area contributed by atoms with Gasteiger partial charge < -0.3 is 16.0 Å². The molecule has 10 heteroatoms. The Bertz CT molecular complexity index is 1170. The molecule has 2 aromatic rings. The molecule has 2 aliphatic rings. The first-order valence-corrected chi connectivity index (χ1v) is 9.96. The predicted molar refractivity (Wildman–Crippen MR) is 111 cm³/mol. The Hall–Kier alpha value is -3.82. The molecule has 0 aromatic heterocycles. The third-order valence-corrected chi connectivity index (χ3v) is 5.90. The number of nitrogens with one attached hydrogen (secondary N) is 1. The molecule has 0 saturated carbocycles. The summed E-state index contributed by atoms with van der Waals surface area (Å²) in [4.78, 5) is 52.5. The standard InChI is InChI=1S/C22H20F2N4O4/c1-22-8-6-19(30)28(22)17-5-3-2-4-12(17)21(32)27(22)9-7-18(29)26-16-10-13(20(25)31)14(23)11-15(16)24/h2-5,10-11H,6-9H2,1H3,(H2,25,31)(H,26,29). The average molecular weight is 442 g/mol. The average Bonchev–Trinajstić information content (AvgIpc) is 3.05. The summed E-state index contributed by atoms with van der Waals surface area (Å²) >= 11 is 0. The molecule has 0 radical (unpaired) electrons. The van der Waals surface area contributed by atoms with Crippen molar-refractivity contribution in [2.75, 3.05) is 16.8 Å². The van der Waals surface area contributed by atoms with Gasteiger partial charge in [-0.05, 0) is 31.5 Å². The monoisotopic (exact) mass is 442 g/mol. The van der Waals surface area contributed by atoms with E-state index in [-0.39, 0.29) is 31.2 Å². The number of halogens is 2. The van der Waals surface area contributed by atoms with E-state index in [9.17, 15) is 28.0 Å². The van der Waals surface area contributed by atoms with Crippen LogP contribution in [0, 0.1) is 11.6 Å². The number of nitrogens with two attached hydrogens (primary N) is 1. The van der Waals surface area contributed by atoms with Gasteiger partial charge >= 0.3 is 0 Å². The van der Waals surface area contributed by atoms with Crippen molar-refractivity contribution >= 4 is 35.0 Å². The number of amides is 4. The largest absolute Gasteiger partial charge is 0.366 e. The van der Waals surface area contributed by atoms with E-state index in [0.29, 0.717) is 23.7 Å². The van der Waals surface area contributed by atoms with Crippen LogP contribution in [-0.4, -0.2) is 40.7 Å². The highest BCUT2D eigenvalue weighted by Crippen LogP contribution is 2.43. The minimum atomic E-state index is -1.13. The van der Waals surface area contributed by atoms with Gasteiger partial charge in [0.15, 0.2) is 0 Å². The van der Waals surface area contributed by atoms with Crippen LogP contribution in [0.1, 0.15) is 46.9 Å². The van der Waals surface area contributed by atoms with Gasteiger partial charge in [0.1, 0.15) is 17.3 Å². The van der Waals surface area contributed by atoms with Gasteiger partial charge in [-0.1, -0.05) is 12.1 Å². The minimum Gasteiger partial charge on any atom is -0.366 e. The van der Waals surface area contributed by atoms with Gasteiger partial charge in [-0.15, -0.1) is 0 Å². The summed E-state index contributed by atoms with van der Waals surface area (Å²) in [6, 6.07) is 8.06. The van der Waals surface area contributed by atoms with Crippen LogP contribution in [0.2, 0.25) is 0 Å². The van der Waals surface area contributed by atoms with Crippen molar-refractivity contribution in [1.82, 2.24) is 4.90 Å². The van der Waals surface area contributed by atoms with Gasteiger partial charge in [0.2, 0.25) is 11.8 Å². The number of nitrogens with zero attached hydrogens (tertiary/aromatic N) is 2. The van der Waals surface area contributed by atoms with E-state index in [2.05, 4.69) is 5.32 Å². The van der Waals surface area contributed by atoms with Crippen LogP contribution in [0.15, 0.2) is 36.4 Å². The molecule has 1 atom stereocenters. The molecule has 0 aliphatic carbocycles. The Morgan fingerprint density at radius 2 is 1.88 bits per heavy atom. The van der Waals surface area contributed by atoms with Gasteiger partial charge in [-0.25, -0.2) is 8.78 Å². The summed E-state index contributed by atoms with van der Waals surface area (Å²) in [5.74, 6) is -4.39. The van der Waals surface area contributed by atoms with Crippen molar-refractivity contribution in [2.45, 2.75) is 31.8 Å². The second kappa shape index (κ2) is 7.70. The highest BCUT2D eigenvalue weighted by molar-refractivity contribution is 6.10. The molecule has 3 N–H and O–H groups in total. The Kier molecular flexibility index (Phi) is 5.15. The number of anilines is 2. The van der Waals surface area contributed by atoms with Crippen LogP contribution in [0.5, 0.6) is 0 Å². The molecule has 0 spiro atoms. The first-order chi connectivity index (χ1) is 15.1. The number of rotatable bonds is 5. The highest BCUT2D eigenvalue weighted by Gasteiger charge is 2.52. The van der Waals surface area contributed by atoms with Gasteiger partial charge in [0.05, 0.1) is 22.5 Å². The fourth-order valence-corrected chi connectivity index (χ4v) is 4.30. The van der Waals surface area contributed by atoms with Crippen molar-refractivity contribution in [1.29, 1.82) is 0 Å². The highest BCUT2D eigenvalue weighted by atomic mass is 19.1.